The van der Waals surface area contributed by atoms with Gasteiger partial charge in [0, 0.05) is 17.4 Å². The van der Waals surface area contributed by atoms with Gasteiger partial charge in [0.2, 0.25) is 0 Å². The second kappa shape index (κ2) is 8.28. The molecule has 3 heterocycles. The molecule has 0 bridgehead atoms. The topological polar surface area (TPSA) is 88.5 Å². The zero-order chi connectivity index (χ0) is 26.8. The second-order valence-corrected chi connectivity index (χ2v) is 14.6. The summed E-state index contributed by atoms with van der Waals surface area (Å²) in [5.41, 5.74) is 3.45. The molecule has 4 atom stereocenters. The van der Waals surface area contributed by atoms with E-state index in [-0.39, 0.29) is 22.7 Å². The van der Waals surface area contributed by atoms with Crippen molar-refractivity contribution in [1.29, 1.82) is 0 Å². The van der Waals surface area contributed by atoms with Crippen molar-refractivity contribution in [2.24, 2.45) is 11.3 Å². The molecule has 0 amide bonds. The van der Waals surface area contributed by atoms with E-state index in [1.54, 1.807) is 6.07 Å². The van der Waals surface area contributed by atoms with Gasteiger partial charge >= 0.3 is 5.97 Å². The number of ether oxygens (including phenoxy) is 1. The third kappa shape index (κ3) is 3.52. The molecule has 1 N–H and O–H groups in total. The SMILES string of the molecule is O=C(O)c1cc(F)c2nc(N3C4C[C@@H](OCc5c(C6CCC7(CC6)CC7)noc5C5CC5)C[C@@H]5CC[C@@]453)sc2c1. The molecular weight excluding hydrogens is 529 g/mol. The highest BCUT2D eigenvalue weighted by Crippen LogP contribution is 2.67. The first kappa shape index (κ1) is 24.1. The quantitative estimate of drug-likeness (QED) is 0.305. The molecule has 3 aromatic rings. The molecule has 2 aromatic heterocycles. The fourth-order valence-corrected chi connectivity index (χ4v) is 9.76. The first-order valence-electron chi connectivity index (χ1n) is 15.2. The summed E-state index contributed by atoms with van der Waals surface area (Å²) < 4.78 is 28.0. The van der Waals surface area contributed by atoms with E-state index in [1.807, 2.05) is 0 Å². The van der Waals surface area contributed by atoms with Crippen LogP contribution in [0.2, 0.25) is 0 Å². The van der Waals surface area contributed by atoms with Crippen LogP contribution in [0.5, 0.6) is 0 Å². The van der Waals surface area contributed by atoms with Crippen molar-refractivity contribution in [3.05, 3.63) is 40.5 Å². The number of rotatable bonds is 7. The molecule has 6 fully saturated rings. The van der Waals surface area contributed by atoms with Crippen LogP contribution in [0.4, 0.5) is 9.52 Å². The molecular formula is C31H34FN3O4S. The minimum Gasteiger partial charge on any atom is -0.478 e. The fourth-order valence-electron chi connectivity index (χ4n) is 8.60. The van der Waals surface area contributed by atoms with E-state index < -0.39 is 11.8 Å². The number of aromatic nitrogens is 2. The van der Waals surface area contributed by atoms with Crippen molar-refractivity contribution in [3.63, 3.8) is 0 Å². The lowest BCUT2D eigenvalue weighted by atomic mass is 9.64. The molecule has 9 rings (SSSR count). The van der Waals surface area contributed by atoms with Crippen LogP contribution < -0.4 is 4.90 Å². The van der Waals surface area contributed by atoms with Crippen molar-refractivity contribution < 1.29 is 23.6 Å². The highest BCUT2D eigenvalue weighted by atomic mass is 32.1. The minimum absolute atomic E-state index is 0.0319. The number of carboxylic acids is 1. The predicted molar refractivity (Wildman–Crippen MR) is 147 cm³/mol. The van der Waals surface area contributed by atoms with Crippen LogP contribution in [0.1, 0.15) is 116 Å². The van der Waals surface area contributed by atoms with Gasteiger partial charge in [-0.3, -0.25) is 0 Å². The van der Waals surface area contributed by atoms with E-state index in [4.69, 9.17) is 9.26 Å². The van der Waals surface area contributed by atoms with Gasteiger partial charge in [0.05, 0.1) is 40.2 Å². The average molecular weight is 564 g/mol. The highest BCUT2D eigenvalue weighted by Gasteiger charge is 2.73. The van der Waals surface area contributed by atoms with Gasteiger partial charge in [0.25, 0.3) is 0 Å². The maximum Gasteiger partial charge on any atom is 0.335 e. The number of halogens is 1. The van der Waals surface area contributed by atoms with Crippen LogP contribution >= 0.6 is 11.3 Å². The van der Waals surface area contributed by atoms with Gasteiger partial charge in [-0.05, 0) is 101 Å². The highest BCUT2D eigenvalue weighted by molar-refractivity contribution is 7.22. The summed E-state index contributed by atoms with van der Waals surface area (Å²) in [5.74, 6) is 0.981. The number of aromatic carboxylic acids is 1. The molecule has 1 aromatic carbocycles. The number of hydrogen-bond donors (Lipinski definition) is 1. The van der Waals surface area contributed by atoms with Gasteiger partial charge in [-0.25, -0.2) is 14.2 Å². The van der Waals surface area contributed by atoms with Crippen LogP contribution in [0.25, 0.3) is 10.2 Å². The zero-order valence-electron chi connectivity index (χ0n) is 22.5. The van der Waals surface area contributed by atoms with E-state index >= 15 is 0 Å². The van der Waals surface area contributed by atoms with Crippen LogP contribution in [-0.4, -0.2) is 38.9 Å². The largest absolute Gasteiger partial charge is 0.478 e. The summed E-state index contributed by atoms with van der Waals surface area (Å²) in [6.07, 6.45) is 14.8. The molecule has 40 heavy (non-hydrogen) atoms. The van der Waals surface area contributed by atoms with Crippen molar-refractivity contribution in [1.82, 2.24) is 10.1 Å². The molecule has 1 saturated heterocycles. The molecule has 5 aliphatic carbocycles. The summed E-state index contributed by atoms with van der Waals surface area (Å²) in [7, 11) is 0. The molecule has 5 saturated carbocycles. The standard InChI is InChI=1S/C31H34FN3O4S/c32-22-11-18(28(36)37)12-23-26(22)33-29(40-23)35-24-14-20(13-19-5-8-31(19,24)35)38-15-21-25(34-39-27(21)17-1-2-17)16-3-6-30(7-4-16)9-10-30/h11-12,16-17,19-20,24H,1-10,13-15H2,(H,36,37)/t19-,20-,24?,31-,35?/m0/s1. The summed E-state index contributed by atoms with van der Waals surface area (Å²) in [4.78, 5) is 18.5. The summed E-state index contributed by atoms with van der Waals surface area (Å²) in [5, 5.41) is 14.8. The maximum absolute atomic E-state index is 14.7. The third-order valence-electron chi connectivity index (χ3n) is 11.4. The van der Waals surface area contributed by atoms with Crippen molar-refractivity contribution >= 4 is 32.7 Å². The van der Waals surface area contributed by atoms with E-state index in [2.05, 4.69) is 15.0 Å². The Morgan fingerprint density at radius 3 is 2.62 bits per heavy atom. The Bertz CT molecular complexity index is 1530. The summed E-state index contributed by atoms with van der Waals surface area (Å²) >= 11 is 1.41. The normalized spacial score (nSPS) is 32.1. The smallest absolute Gasteiger partial charge is 0.335 e. The Hall–Kier alpha value is -2.52. The van der Waals surface area contributed by atoms with Crippen molar-refractivity contribution in [3.8, 4) is 0 Å². The van der Waals surface area contributed by atoms with Gasteiger partial charge in [0.15, 0.2) is 10.9 Å². The van der Waals surface area contributed by atoms with Gasteiger partial charge in [-0.1, -0.05) is 16.5 Å². The molecule has 1 aliphatic heterocycles. The Kier molecular flexibility index (Phi) is 4.99. The van der Waals surface area contributed by atoms with Crippen LogP contribution in [0, 0.1) is 17.2 Å². The van der Waals surface area contributed by atoms with Crippen molar-refractivity contribution in [2.45, 2.75) is 113 Å². The number of benzene rings is 1. The van der Waals surface area contributed by atoms with E-state index in [0.717, 1.165) is 36.2 Å². The molecule has 9 heteroatoms. The van der Waals surface area contributed by atoms with Crippen LogP contribution in [0.15, 0.2) is 16.7 Å². The number of anilines is 1. The Labute approximate surface area is 236 Å². The lowest BCUT2D eigenvalue weighted by Gasteiger charge is -2.42. The van der Waals surface area contributed by atoms with Crippen molar-refractivity contribution in [2.75, 3.05) is 4.90 Å². The molecule has 210 valence electrons. The van der Waals surface area contributed by atoms with Gasteiger partial charge in [-0.15, -0.1) is 0 Å². The van der Waals surface area contributed by atoms with Gasteiger partial charge in [0.1, 0.15) is 11.3 Å². The Morgan fingerprint density at radius 1 is 1.10 bits per heavy atom. The monoisotopic (exact) mass is 563 g/mol. The maximum atomic E-state index is 14.7. The number of carboxylic acid groups (broad SMARTS) is 1. The van der Waals surface area contributed by atoms with Gasteiger partial charge < -0.3 is 19.3 Å². The number of hydrogen-bond acceptors (Lipinski definition) is 7. The lowest BCUT2D eigenvalue weighted by Crippen LogP contribution is -2.46. The minimum atomic E-state index is -1.12. The van der Waals surface area contributed by atoms with Gasteiger partial charge in [-0.2, -0.15) is 0 Å². The average Bonchev–Trinajstić information content (AvgIpc) is 3.89. The molecule has 7 nitrogen and oxygen atoms in total. The Morgan fingerprint density at radius 2 is 1.93 bits per heavy atom. The number of fused-ring (bicyclic) bond motifs is 1. The third-order valence-corrected chi connectivity index (χ3v) is 12.4. The Balaban J connectivity index is 0.932. The number of nitrogens with zero attached hydrogens (tertiary/aromatic N) is 3. The first-order valence-corrected chi connectivity index (χ1v) is 16.0. The van der Waals surface area contributed by atoms with Crippen LogP contribution in [-0.2, 0) is 11.3 Å². The number of carbonyl (C=O) groups is 1. The summed E-state index contributed by atoms with van der Waals surface area (Å²) in [6.45, 7) is 0.591. The molecule has 6 aliphatic rings. The van der Waals surface area contributed by atoms with E-state index in [0.29, 0.717) is 40.5 Å². The summed E-state index contributed by atoms with van der Waals surface area (Å²) in [6, 6.07) is 2.97. The molecule has 0 radical (unpaired) electrons. The zero-order valence-corrected chi connectivity index (χ0v) is 23.4. The first-order chi connectivity index (χ1) is 19.4. The molecule has 2 spiro atoms. The van der Waals surface area contributed by atoms with E-state index in [9.17, 15) is 14.3 Å². The molecule has 1 unspecified atom stereocenters. The fraction of sp³-hybridized carbons (Fsp3) is 0.645. The predicted octanol–water partition coefficient (Wildman–Crippen LogP) is 7.15. The van der Waals surface area contributed by atoms with E-state index in [1.165, 1.54) is 80.4 Å². The lowest BCUT2D eigenvalue weighted by molar-refractivity contribution is -0.0164. The number of thiazole rings is 1. The second-order valence-electron chi connectivity index (χ2n) is 13.6. The van der Waals surface area contributed by atoms with Crippen LogP contribution in [0.3, 0.4) is 0 Å².